The molecule has 1 heterocycles. The Labute approximate surface area is 199 Å². The van der Waals surface area contributed by atoms with Crippen LogP contribution in [0.4, 0.5) is 5.69 Å². The number of nitrogens with one attached hydrogen (secondary N) is 1. The first-order valence-corrected chi connectivity index (χ1v) is 13.0. The fourth-order valence-electron chi connectivity index (χ4n) is 4.50. The van der Waals surface area contributed by atoms with Crippen molar-refractivity contribution in [3.8, 4) is 0 Å². The van der Waals surface area contributed by atoms with E-state index in [0.29, 0.717) is 25.1 Å². The molecule has 1 aliphatic rings. The maximum absolute atomic E-state index is 14.3. The summed E-state index contributed by atoms with van der Waals surface area (Å²) in [7, 11) is 0.00341. The van der Waals surface area contributed by atoms with Crippen LogP contribution in [0.1, 0.15) is 36.5 Å². The molecule has 3 aromatic rings. The number of amidine groups is 1. The summed E-state index contributed by atoms with van der Waals surface area (Å²) in [6, 6.07) is 28.1. The zero-order chi connectivity index (χ0) is 23.3. The highest BCUT2D eigenvalue weighted by Crippen LogP contribution is 2.41. The number of hydrogen-bond acceptors (Lipinski definition) is 4. The molecule has 4 nitrogen and oxygen atoms in total. The molecule has 0 fully saturated rings. The first kappa shape index (κ1) is 23.0. The SMILES string of the molecule is C/C=S(\C)Nc1cccc(CC2CCC(N)=NC(c3ccccc3)(c3ccccc3)C2=O)c1. The third-order valence-corrected chi connectivity index (χ3v) is 7.48. The predicted octanol–water partition coefficient (Wildman–Crippen LogP) is 5.56. The number of carbonyl (C=O) groups is 1. The average Bonchev–Trinajstić information content (AvgIpc) is 2.97. The van der Waals surface area contributed by atoms with E-state index in [9.17, 15) is 4.79 Å². The van der Waals surface area contributed by atoms with E-state index >= 15 is 0 Å². The first-order chi connectivity index (χ1) is 16.0. The zero-order valence-electron chi connectivity index (χ0n) is 19.2. The highest BCUT2D eigenvalue weighted by atomic mass is 32.2. The van der Waals surface area contributed by atoms with Gasteiger partial charge in [-0.25, -0.2) is 4.99 Å². The monoisotopic (exact) mass is 457 g/mol. The highest BCUT2D eigenvalue weighted by Gasteiger charge is 2.46. The van der Waals surface area contributed by atoms with Crippen LogP contribution in [0.3, 0.4) is 0 Å². The Kier molecular flexibility index (Phi) is 7.09. The van der Waals surface area contributed by atoms with Gasteiger partial charge in [0.15, 0.2) is 11.3 Å². The van der Waals surface area contributed by atoms with Crippen LogP contribution >= 0.6 is 10.7 Å². The van der Waals surface area contributed by atoms with E-state index in [4.69, 9.17) is 10.7 Å². The molecule has 4 rings (SSSR count). The van der Waals surface area contributed by atoms with E-state index in [1.807, 2.05) is 60.7 Å². The van der Waals surface area contributed by atoms with Gasteiger partial charge in [-0.3, -0.25) is 4.79 Å². The number of anilines is 1. The molecule has 170 valence electrons. The minimum absolute atomic E-state index is 0.00341. The molecule has 2 unspecified atom stereocenters. The third-order valence-electron chi connectivity index (χ3n) is 6.21. The van der Waals surface area contributed by atoms with E-state index in [0.717, 1.165) is 22.4 Å². The molecule has 0 spiro atoms. The number of nitrogens with zero attached hydrogens (tertiary/aromatic N) is 1. The van der Waals surface area contributed by atoms with Gasteiger partial charge in [-0.15, -0.1) is 10.7 Å². The molecule has 0 aliphatic carbocycles. The lowest BCUT2D eigenvalue weighted by Gasteiger charge is -2.32. The summed E-state index contributed by atoms with van der Waals surface area (Å²) < 4.78 is 3.51. The van der Waals surface area contributed by atoms with Crippen molar-refractivity contribution in [1.29, 1.82) is 0 Å². The molecule has 0 bridgehead atoms. The maximum atomic E-state index is 14.3. The molecule has 0 aromatic heterocycles. The summed E-state index contributed by atoms with van der Waals surface area (Å²) in [5, 5.41) is 2.15. The first-order valence-electron chi connectivity index (χ1n) is 11.3. The van der Waals surface area contributed by atoms with Crippen LogP contribution in [0.5, 0.6) is 0 Å². The molecule has 0 saturated heterocycles. The van der Waals surface area contributed by atoms with Gasteiger partial charge in [0.1, 0.15) is 0 Å². The van der Waals surface area contributed by atoms with Crippen molar-refractivity contribution in [2.75, 3.05) is 11.0 Å². The summed E-state index contributed by atoms with van der Waals surface area (Å²) in [5.74, 6) is 0.446. The summed E-state index contributed by atoms with van der Waals surface area (Å²) in [6.45, 7) is 2.06. The molecule has 5 heteroatoms. The van der Waals surface area contributed by atoms with Crippen molar-refractivity contribution < 1.29 is 4.79 Å². The molecule has 3 aromatic carbocycles. The number of nitrogens with two attached hydrogens (primary N) is 1. The van der Waals surface area contributed by atoms with Crippen LogP contribution in [-0.4, -0.2) is 23.2 Å². The van der Waals surface area contributed by atoms with Crippen LogP contribution in [0.2, 0.25) is 0 Å². The van der Waals surface area contributed by atoms with Crippen molar-refractivity contribution in [2.24, 2.45) is 16.6 Å². The van der Waals surface area contributed by atoms with Crippen LogP contribution in [0.15, 0.2) is 89.9 Å². The Bertz CT molecular complexity index is 1130. The van der Waals surface area contributed by atoms with Gasteiger partial charge in [-0.2, -0.15) is 0 Å². The lowest BCUT2D eigenvalue weighted by atomic mass is 9.74. The van der Waals surface area contributed by atoms with Gasteiger partial charge >= 0.3 is 0 Å². The molecule has 0 radical (unpaired) electrons. The van der Waals surface area contributed by atoms with Gasteiger partial charge in [0.2, 0.25) is 0 Å². The van der Waals surface area contributed by atoms with Crippen LogP contribution < -0.4 is 10.5 Å². The van der Waals surface area contributed by atoms with Gasteiger partial charge < -0.3 is 10.5 Å². The Morgan fingerprint density at radius 3 is 2.27 bits per heavy atom. The van der Waals surface area contributed by atoms with Crippen LogP contribution in [0.25, 0.3) is 0 Å². The molecular formula is C28H31N3OS. The predicted molar refractivity (Wildman–Crippen MR) is 142 cm³/mol. The Hall–Kier alpha value is -3.18. The lowest BCUT2D eigenvalue weighted by Crippen LogP contribution is -2.40. The second-order valence-corrected chi connectivity index (χ2v) is 10.2. The lowest BCUT2D eigenvalue weighted by molar-refractivity contribution is -0.127. The Morgan fingerprint density at radius 1 is 1.03 bits per heavy atom. The number of rotatable bonds is 6. The van der Waals surface area contributed by atoms with Crippen molar-refractivity contribution in [2.45, 2.75) is 31.7 Å². The van der Waals surface area contributed by atoms with Gasteiger partial charge in [-0.05, 0) is 60.2 Å². The van der Waals surface area contributed by atoms with Crippen molar-refractivity contribution in [1.82, 2.24) is 0 Å². The molecule has 3 N–H and O–H groups in total. The van der Waals surface area contributed by atoms with Crippen molar-refractivity contribution >= 4 is 33.3 Å². The van der Waals surface area contributed by atoms with E-state index in [1.165, 1.54) is 0 Å². The fraction of sp³-hybridized carbons (Fsp3) is 0.250. The summed E-state index contributed by atoms with van der Waals surface area (Å²) in [4.78, 5) is 19.3. The molecular weight excluding hydrogens is 426 g/mol. The van der Waals surface area contributed by atoms with E-state index in [-0.39, 0.29) is 22.4 Å². The van der Waals surface area contributed by atoms with Gasteiger partial charge in [0.05, 0.1) is 5.84 Å². The van der Waals surface area contributed by atoms with E-state index in [2.05, 4.69) is 47.5 Å². The number of ketones is 1. The van der Waals surface area contributed by atoms with Crippen LogP contribution in [-0.2, 0) is 16.8 Å². The topological polar surface area (TPSA) is 67.5 Å². The van der Waals surface area contributed by atoms with E-state index < -0.39 is 5.54 Å². The van der Waals surface area contributed by atoms with E-state index in [1.54, 1.807) is 0 Å². The number of carbonyl (C=O) groups excluding carboxylic acids is 1. The van der Waals surface area contributed by atoms with Crippen LogP contribution in [0, 0.1) is 5.92 Å². The van der Waals surface area contributed by atoms with Gasteiger partial charge in [-0.1, -0.05) is 72.8 Å². The molecule has 0 saturated carbocycles. The van der Waals surface area contributed by atoms with Gasteiger partial charge in [0, 0.05) is 18.0 Å². The zero-order valence-corrected chi connectivity index (χ0v) is 20.0. The number of hydrogen-bond donors (Lipinski definition) is 2. The van der Waals surface area contributed by atoms with Crippen molar-refractivity contribution in [3.05, 3.63) is 102 Å². The Morgan fingerprint density at radius 2 is 1.67 bits per heavy atom. The fourth-order valence-corrected chi connectivity index (χ4v) is 5.12. The third kappa shape index (κ3) is 4.93. The van der Waals surface area contributed by atoms with Gasteiger partial charge in [0.25, 0.3) is 0 Å². The Balaban J connectivity index is 1.76. The van der Waals surface area contributed by atoms with Crippen molar-refractivity contribution in [3.63, 3.8) is 0 Å². The number of aliphatic imine (C=N–C) groups is 1. The number of benzene rings is 3. The summed E-state index contributed by atoms with van der Waals surface area (Å²) >= 11 is 0. The summed E-state index contributed by atoms with van der Waals surface area (Å²) in [5.41, 5.74) is 9.19. The maximum Gasteiger partial charge on any atom is 0.172 e. The summed E-state index contributed by atoms with van der Waals surface area (Å²) in [6.07, 6.45) is 4.11. The molecule has 33 heavy (non-hydrogen) atoms. The number of Topliss-reactive ketones (excluding diaryl/α,β-unsaturated/α-hetero) is 1. The second-order valence-electron chi connectivity index (χ2n) is 8.45. The smallest absolute Gasteiger partial charge is 0.172 e. The highest BCUT2D eigenvalue weighted by molar-refractivity contribution is 8.15. The molecule has 1 aliphatic heterocycles. The quantitative estimate of drug-likeness (QED) is 0.477. The minimum Gasteiger partial charge on any atom is -0.387 e. The largest absolute Gasteiger partial charge is 0.387 e. The standard InChI is InChI=1S/C28H31N3OS/c1-3-33(2)31-25-16-10-11-21(20-25)19-22-17-18-26(29)30-28(27(22)32,23-12-6-4-7-13-23)24-14-8-5-9-15-24/h3-16,20,22,31H,17-19H2,1-2H3,(H2,29,30). The molecule has 0 amide bonds. The minimum atomic E-state index is -1.13. The average molecular weight is 458 g/mol. The molecule has 2 atom stereocenters. The second kappa shape index (κ2) is 10.2. The normalized spacial score (nSPS) is 18.9.